The highest BCUT2D eigenvalue weighted by molar-refractivity contribution is 7.80. The molecule has 1 aromatic rings. The van der Waals surface area contributed by atoms with Gasteiger partial charge in [-0.15, -0.1) is 0 Å². The van der Waals surface area contributed by atoms with Gasteiger partial charge in [-0.25, -0.2) is 4.39 Å². The second-order valence-corrected chi connectivity index (χ2v) is 6.67. The molecule has 1 amide bonds. The molecule has 0 radical (unpaired) electrons. The summed E-state index contributed by atoms with van der Waals surface area (Å²) in [5, 5.41) is 3.64. The van der Waals surface area contributed by atoms with Gasteiger partial charge in [0.2, 0.25) is 0 Å². The van der Waals surface area contributed by atoms with Gasteiger partial charge in [0.05, 0.1) is 0 Å². The molecule has 0 bridgehead atoms. The van der Waals surface area contributed by atoms with Crippen molar-refractivity contribution in [3.8, 4) is 5.75 Å². The van der Waals surface area contributed by atoms with Gasteiger partial charge < -0.3 is 10.1 Å². The van der Waals surface area contributed by atoms with Gasteiger partial charge in [0.1, 0.15) is 11.6 Å². The lowest BCUT2D eigenvalue weighted by molar-refractivity contribution is -0.123. The topological polar surface area (TPSA) is 62.4 Å². The van der Waals surface area contributed by atoms with E-state index in [-0.39, 0.29) is 6.61 Å². The fourth-order valence-corrected chi connectivity index (χ4v) is 3.06. The zero-order valence-electron chi connectivity index (χ0n) is 14.0. The number of ether oxygens (including phenoxy) is 1. The summed E-state index contributed by atoms with van der Waals surface area (Å²) in [5.41, 5.74) is 5.15. The summed E-state index contributed by atoms with van der Waals surface area (Å²) in [6.45, 7) is 4.24. The molecule has 5 nitrogen and oxygen atoms in total. The normalized spacial score (nSPS) is 23.2. The van der Waals surface area contributed by atoms with Gasteiger partial charge in [-0.2, -0.15) is 0 Å². The number of carbonyl (C=O) groups excluding carboxylic acids is 1. The maximum absolute atomic E-state index is 13.0. The maximum Gasteiger partial charge on any atom is 0.276 e. The third kappa shape index (κ3) is 5.63. The SMILES string of the molecule is C[C@@H]1[C@H](C)CCC[C@@H]1NC(=S)NNC(=O)COc1cccc(F)c1. The van der Waals surface area contributed by atoms with E-state index in [0.717, 1.165) is 6.42 Å². The molecule has 3 atom stereocenters. The largest absolute Gasteiger partial charge is 0.484 e. The summed E-state index contributed by atoms with van der Waals surface area (Å²) in [5.74, 6) is 0.690. The van der Waals surface area contributed by atoms with E-state index in [1.54, 1.807) is 6.07 Å². The van der Waals surface area contributed by atoms with Crippen LogP contribution in [-0.4, -0.2) is 23.7 Å². The highest BCUT2D eigenvalue weighted by atomic mass is 32.1. The van der Waals surface area contributed by atoms with Crippen LogP contribution in [0.3, 0.4) is 0 Å². The number of carbonyl (C=O) groups is 1. The molecule has 1 saturated carbocycles. The van der Waals surface area contributed by atoms with Crippen molar-refractivity contribution in [2.75, 3.05) is 6.61 Å². The predicted molar refractivity (Wildman–Crippen MR) is 94.9 cm³/mol. The molecule has 0 unspecified atom stereocenters. The van der Waals surface area contributed by atoms with Crippen LogP contribution in [0.2, 0.25) is 0 Å². The Labute approximate surface area is 147 Å². The van der Waals surface area contributed by atoms with E-state index in [4.69, 9.17) is 17.0 Å². The number of thiocarbonyl (C=S) groups is 1. The first-order valence-electron chi connectivity index (χ1n) is 8.19. The second kappa shape index (κ2) is 8.82. The van der Waals surface area contributed by atoms with Gasteiger partial charge in [-0.1, -0.05) is 32.8 Å². The van der Waals surface area contributed by atoms with Crippen LogP contribution in [-0.2, 0) is 4.79 Å². The third-order valence-corrected chi connectivity index (χ3v) is 4.72. The Balaban J connectivity index is 1.68. The minimum absolute atomic E-state index is 0.226. The summed E-state index contributed by atoms with van der Waals surface area (Å²) >= 11 is 5.21. The van der Waals surface area contributed by atoms with Crippen LogP contribution in [0.25, 0.3) is 0 Å². The van der Waals surface area contributed by atoms with E-state index in [0.29, 0.717) is 28.7 Å². The molecular weight excluding hydrogens is 329 g/mol. The Hall–Kier alpha value is -1.89. The first-order chi connectivity index (χ1) is 11.5. The molecule has 0 saturated heterocycles. The van der Waals surface area contributed by atoms with Gasteiger partial charge in [0.15, 0.2) is 11.7 Å². The van der Waals surface area contributed by atoms with Crippen molar-refractivity contribution >= 4 is 23.2 Å². The lowest BCUT2D eigenvalue weighted by Crippen LogP contribution is -2.53. The average Bonchev–Trinajstić information content (AvgIpc) is 2.55. The molecule has 1 aliphatic carbocycles. The molecule has 132 valence electrons. The monoisotopic (exact) mass is 353 g/mol. The van der Waals surface area contributed by atoms with Crippen molar-refractivity contribution < 1.29 is 13.9 Å². The van der Waals surface area contributed by atoms with Crippen LogP contribution in [0.4, 0.5) is 4.39 Å². The smallest absolute Gasteiger partial charge is 0.276 e. The maximum atomic E-state index is 13.0. The highest BCUT2D eigenvalue weighted by Gasteiger charge is 2.27. The molecule has 2 rings (SSSR count). The van der Waals surface area contributed by atoms with Gasteiger partial charge in [-0.3, -0.25) is 15.6 Å². The summed E-state index contributed by atoms with van der Waals surface area (Å²) in [4.78, 5) is 11.7. The zero-order valence-corrected chi connectivity index (χ0v) is 14.8. The second-order valence-electron chi connectivity index (χ2n) is 6.27. The minimum Gasteiger partial charge on any atom is -0.484 e. The summed E-state index contributed by atoms with van der Waals surface area (Å²) in [6.07, 6.45) is 3.50. The van der Waals surface area contributed by atoms with Crippen LogP contribution >= 0.6 is 12.2 Å². The minimum atomic E-state index is -0.410. The van der Waals surface area contributed by atoms with E-state index in [1.807, 2.05) is 0 Å². The molecule has 1 aliphatic rings. The molecule has 1 aromatic carbocycles. The Morgan fingerprint density at radius 2 is 2.12 bits per heavy atom. The number of halogens is 1. The lowest BCUT2D eigenvalue weighted by atomic mass is 9.78. The number of hydrazine groups is 1. The molecule has 7 heteroatoms. The Kier molecular flexibility index (Phi) is 6.78. The standard InChI is InChI=1S/C17H24FN3O2S/c1-11-5-3-8-15(12(11)2)19-17(24)21-20-16(22)10-23-14-7-4-6-13(18)9-14/h4,6-7,9,11-12,15H,3,5,8,10H2,1-2H3,(H,20,22)(H2,19,21,24)/t11-,12-,15+/m1/s1. The van der Waals surface area contributed by atoms with Crippen molar-refractivity contribution in [2.24, 2.45) is 11.8 Å². The molecule has 3 N–H and O–H groups in total. The van der Waals surface area contributed by atoms with E-state index in [2.05, 4.69) is 30.0 Å². The van der Waals surface area contributed by atoms with Crippen molar-refractivity contribution in [1.29, 1.82) is 0 Å². The molecule has 0 heterocycles. The van der Waals surface area contributed by atoms with Gasteiger partial charge >= 0.3 is 0 Å². The third-order valence-electron chi connectivity index (χ3n) is 4.50. The van der Waals surface area contributed by atoms with E-state index in [1.165, 1.54) is 31.0 Å². The fourth-order valence-electron chi connectivity index (χ4n) is 2.86. The van der Waals surface area contributed by atoms with Gasteiger partial charge in [0, 0.05) is 12.1 Å². The first-order valence-corrected chi connectivity index (χ1v) is 8.60. The van der Waals surface area contributed by atoms with Crippen LogP contribution in [0, 0.1) is 17.7 Å². The molecule has 24 heavy (non-hydrogen) atoms. The van der Waals surface area contributed by atoms with Crippen molar-refractivity contribution in [2.45, 2.75) is 39.2 Å². The molecule has 0 aliphatic heterocycles. The summed E-state index contributed by atoms with van der Waals surface area (Å²) in [6, 6.07) is 5.95. The van der Waals surface area contributed by atoms with Crippen LogP contribution in [0.1, 0.15) is 33.1 Å². The van der Waals surface area contributed by atoms with Crippen molar-refractivity contribution in [3.05, 3.63) is 30.1 Å². The van der Waals surface area contributed by atoms with E-state index >= 15 is 0 Å². The lowest BCUT2D eigenvalue weighted by Gasteiger charge is -2.35. The molecular formula is C17H24FN3O2S. The number of nitrogens with one attached hydrogen (secondary N) is 3. The van der Waals surface area contributed by atoms with Crippen molar-refractivity contribution in [3.63, 3.8) is 0 Å². The fraction of sp³-hybridized carbons (Fsp3) is 0.529. The summed E-state index contributed by atoms with van der Waals surface area (Å²) in [7, 11) is 0. The van der Waals surface area contributed by atoms with Crippen molar-refractivity contribution in [1.82, 2.24) is 16.2 Å². The molecule has 1 fully saturated rings. The molecule has 0 aromatic heterocycles. The van der Waals surface area contributed by atoms with Gasteiger partial charge in [0.25, 0.3) is 5.91 Å². The van der Waals surface area contributed by atoms with Crippen LogP contribution in [0.15, 0.2) is 24.3 Å². The summed E-state index contributed by atoms with van der Waals surface area (Å²) < 4.78 is 18.2. The van der Waals surface area contributed by atoms with Gasteiger partial charge in [-0.05, 0) is 42.6 Å². The number of hydrogen-bond donors (Lipinski definition) is 3. The Bertz CT molecular complexity index is 585. The average molecular weight is 353 g/mol. The van der Waals surface area contributed by atoms with Crippen LogP contribution in [0.5, 0.6) is 5.75 Å². The molecule has 0 spiro atoms. The number of amides is 1. The number of hydrogen-bond acceptors (Lipinski definition) is 3. The number of benzene rings is 1. The zero-order chi connectivity index (χ0) is 17.5. The van der Waals surface area contributed by atoms with E-state index in [9.17, 15) is 9.18 Å². The highest BCUT2D eigenvalue weighted by Crippen LogP contribution is 2.29. The Morgan fingerprint density at radius 3 is 2.88 bits per heavy atom. The van der Waals surface area contributed by atoms with Crippen LogP contribution < -0.4 is 20.9 Å². The Morgan fingerprint density at radius 1 is 1.33 bits per heavy atom. The predicted octanol–water partition coefficient (Wildman–Crippen LogP) is 2.52. The van der Waals surface area contributed by atoms with E-state index < -0.39 is 11.7 Å². The number of rotatable bonds is 4. The first kappa shape index (κ1) is 18.4. The quantitative estimate of drug-likeness (QED) is 0.574.